The fraction of sp³-hybridized carbons (Fsp3) is 0.0526. The molecule has 0 bridgehead atoms. The predicted molar refractivity (Wildman–Crippen MR) is 97.0 cm³/mol. The zero-order valence-corrected chi connectivity index (χ0v) is 14.6. The molecule has 0 saturated heterocycles. The van der Waals surface area contributed by atoms with E-state index in [2.05, 4.69) is 10.2 Å². The number of anilines is 1. The molecule has 27 heavy (non-hydrogen) atoms. The van der Waals surface area contributed by atoms with Gasteiger partial charge in [0.2, 0.25) is 5.13 Å². The fourth-order valence-corrected chi connectivity index (χ4v) is 3.60. The zero-order chi connectivity index (χ0) is 19.0. The zero-order valence-electron chi connectivity index (χ0n) is 13.7. The Labute approximate surface area is 157 Å². The number of aliphatic hydroxyl groups excluding tert-OH is 1. The van der Waals surface area contributed by atoms with E-state index in [0.717, 1.165) is 11.3 Å². The van der Waals surface area contributed by atoms with Gasteiger partial charge in [0.25, 0.3) is 5.91 Å². The van der Waals surface area contributed by atoms with Gasteiger partial charge in [-0.15, -0.1) is 10.2 Å². The second-order valence-electron chi connectivity index (χ2n) is 5.81. The minimum Gasteiger partial charge on any atom is -0.503 e. The van der Waals surface area contributed by atoms with Crippen molar-refractivity contribution in [1.29, 1.82) is 0 Å². The summed E-state index contributed by atoms with van der Waals surface area (Å²) >= 11 is 1.10. The van der Waals surface area contributed by atoms with Gasteiger partial charge in [-0.05, 0) is 17.7 Å². The highest BCUT2D eigenvalue weighted by atomic mass is 32.1. The number of hydrogen-bond acceptors (Lipinski definition) is 6. The fourth-order valence-electron chi connectivity index (χ4n) is 3.01. The average molecular weight is 381 g/mol. The maximum Gasteiger partial charge on any atom is 0.296 e. The predicted octanol–water partition coefficient (Wildman–Crippen LogP) is 3.46. The number of Topliss-reactive ketones (excluding diaryl/α,β-unsaturated/α-hetero) is 1. The first kappa shape index (κ1) is 17.0. The number of carbonyl (C=O) groups excluding carboxylic acids is 2. The molecule has 6 nitrogen and oxygen atoms in total. The molecule has 1 N–H and O–H groups in total. The van der Waals surface area contributed by atoms with Gasteiger partial charge < -0.3 is 5.11 Å². The van der Waals surface area contributed by atoms with Gasteiger partial charge in [-0.3, -0.25) is 14.5 Å². The summed E-state index contributed by atoms with van der Waals surface area (Å²) in [5, 5.41) is 18.3. The Morgan fingerprint density at radius 3 is 2.44 bits per heavy atom. The molecule has 0 fully saturated rings. The minimum atomic E-state index is -0.932. The molecule has 8 heteroatoms. The molecule has 1 unspecified atom stereocenters. The van der Waals surface area contributed by atoms with Crippen LogP contribution in [-0.2, 0) is 4.79 Å². The average Bonchev–Trinajstić information content (AvgIpc) is 3.30. The van der Waals surface area contributed by atoms with Crippen LogP contribution in [0.2, 0.25) is 0 Å². The molecular formula is C19H12FN3O3S. The van der Waals surface area contributed by atoms with Gasteiger partial charge in [-0.1, -0.05) is 53.8 Å². The van der Waals surface area contributed by atoms with E-state index < -0.39 is 29.3 Å². The highest BCUT2D eigenvalue weighted by Crippen LogP contribution is 2.42. The number of rotatable bonds is 4. The first-order valence-corrected chi connectivity index (χ1v) is 8.84. The lowest BCUT2D eigenvalue weighted by molar-refractivity contribution is -0.117. The second-order valence-corrected chi connectivity index (χ2v) is 6.62. The third-order valence-corrected chi connectivity index (χ3v) is 4.92. The molecule has 2 heterocycles. The molecule has 3 aromatic rings. The highest BCUT2D eigenvalue weighted by molar-refractivity contribution is 7.13. The number of nitrogens with zero attached hydrogens (tertiary/aromatic N) is 3. The summed E-state index contributed by atoms with van der Waals surface area (Å²) in [6.07, 6.45) is 0. The maximum absolute atomic E-state index is 13.4. The summed E-state index contributed by atoms with van der Waals surface area (Å²) in [4.78, 5) is 27.0. The number of amides is 1. The van der Waals surface area contributed by atoms with E-state index in [9.17, 15) is 19.1 Å². The van der Waals surface area contributed by atoms with Gasteiger partial charge in [0.15, 0.2) is 11.5 Å². The van der Waals surface area contributed by atoms with Crippen molar-refractivity contribution >= 4 is 28.2 Å². The van der Waals surface area contributed by atoms with Crippen LogP contribution in [0, 0.1) is 5.82 Å². The number of halogens is 1. The van der Waals surface area contributed by atoms with Crippen LogP contribution >= 0.6 is 11.3 Å². The molecule has 134 valence electrons. The van der Waals surface area contributed by atoms with Gasteiger partial charge in [-0.25, -0.2) is 4.39 Å². The van der Waals surface area contributed by atoms with Crippen molar-refractivity contribution in [2.75, 3.05) is 4.90 Å². The quantitative estimate of drug-likeness (QED) is 0.700. The summed E-state index contributed by atoms with van der Waals surface area (Å²) in [5.74, 6) is -2.33. The summed E-state index contributed by atoms with van der Waals surface area (Å²) in [6.45, 7) is 0. The van der Waals surface area contributed by atoms with Crippen molar-refractivity contribution < 1.29 is 19.1 Å². The van der Waals surface area contributed by atoms with Gasteiger partial charge in [0.05, 0.1) is 11.6 Å². The number of carbonyl (C=O) groups is 2. The Morgan fingerprint density at radius 1 is 1.11 bits per heavy atom. The van der Waals surface area contributed by atoms with Gasteiger partial charge in [0.1, 0.15) is 11.3 Å². The molecule has 0 saturated carbocycles. The molecule has 1 aromatic heterocycles. The van der Waals surface area contributed by atoms with Crippen LogP contribution in [0.4, 0.5) is 9.52 Å². The lowest BCUT2D eigenvalue weighted by Gasteiger charge is -2.24. The van der Waals surface area contributed by atoms with Crippen LogP contribution in [0.25, 0.3) is 0 Å². The Kier molecular flexibility index (Phi) is 4.25. The van der Waals surface area contributed by atoms with E-state index in [1.54, 1.807) is 30.3 Å². The Morgan fingerprint density at radius 2 is 1.81 bits per heavy atom. The van der Waals surface area contributed by atoms with Crippen molar-refractivity contribution in [3.05, 3.63) is 88.4 Å². The normalized spacial score (nSPS) is 16.9. The molecule has 2 aromatic carbocycles. The molecule has 0 radical (unpaired) electrons. The van der Waals surface area contributed by atoms with Crippen LogP contribution in [0.3, 0.4) is 0 Å². The van der Waals surface area contributed by atoms with Crippen LogP contribution in [0.5, 0.6) is 0 Å². The van der Waals surface area contributed by atoms with Crippen LogP contribution in [0.15, 0.2) is 71.4 Å². The number of ketones is 1. The number of aliphatic hydroxyl groups is 1. The molecule has 1 aliphatic rings. The maximum atomic E-state index is 13.4. The third-order valence-electron chi connectivity index (χ3n) is 4.23. The summed E-state index contributed by atoms with van der Waals surface area (Å²) in [5.41, 5.74) is 2.17. The smallest absolute Gasteiger partial charge is 0.296 e. The molecule has 0 spiro atoms. The van der Waals surface area contributed by atoms with E-state index in [0.29, 0.717) is 11.1 Å². The summed E-state index contributed by atoms with van der Waals surface area (Å²) in [6, 6.07) is 12.8. The lowest BCUT2D eigenvalue weighted by atomic mass is 9.93. The van der Waals surface area contributed by atoms with E-state index in [-0.39, 0.29) is 10.7 Å². The Balaban J connectivity index is 1.87. The topological polar surface area (TPSA) is 83.4 Å². The third kappa shape index (κ3) is 2.89. The van der Waals surface area contributed by atoms with E-state index in [1.807, 2.05) is 0 Å². The van der Waals surface area contributed by atoms with Gasteiger partial charge >= 0.3 is 0 Å². The largest absolute Gasteiger partial charge is 0.503 e. The number of aromatic nitrogens is 2. The SMILES string of the molecule is O=C(C1=C(O)C(=O)N(c2nncs2)C1c1ccc(F)cc1)c1ccccc1. The van der Waals surface area contributed by atoms with Crippen molar-refractivity contribution in [3.63, 3.8) is 0 Å². The second kappa shape index (κ2) is 6.73. The van der Waals surface area contributed by atoms with Crippen LogP contribution < -0.4 is 4.90 Å². The van der Waals surface area contributed by atoms with E-state index in [1.165, 1.54) is 34.7 Å². The summed E-state index contributed by atoms with van der Waals surface area (Å²) < 4.78 is 13.4. The van der Waals surface area contributed by atoms with Crippen molar-refractivity contribution in [3.8, 4) is 0 Å². The monoisotopic (exact) mass is 381 g/mol. The number of benzene rings is 2. The van der Waals surface area contributed by atoms with Gasteiger partial charge in [-0.2, -0.15) is 0 Å². The Hall–Kier alpha value is -3.39. The Bertz CT molecular complexity index is 1030. The van der Waals surface area contributed by atoms with Gasteiger partial charge in [0, 0.05) is 5.56 Å². The minimum absolute atomic E-state index is 0.0759. The first-order chi connectivity index (χ1) is 13.1. The van der Waals surface area contributed by atoms with Crippen molar-refractivity contribution in [1.82, 2.24) is 10.2 Å². The van der Waals surface area contributed by atoms with Crippen molar-refractivity contribution in [2.24, 2.45) is 0 Å². The van der Waals surface area contributed by atoms with E-state index >= 15 is 0 Å². The molecule has 1 aliphatic heterocycles. The van der Waals surface area contributed by atoms with Crippen LogP contribution in [-0.4, -0.2) is 27.0 Å². The molecule has 1 amide bonds. The molecule has 1 atom stereocenters. The highest BCUT2D eigenvalue weighted by Gasteiger charge is 2.45. The molecular weight excluding hydrogens is 369 g/mol. The lowest BCUT2D eigenvalue weighted by Crippen LogP contribution is -2.31. The summed E-state index contributed by atoms with van der Waals surface area (Å²) in [7, 11) is 0. The van der Waals surface area contributed by atoms with Crippen molar-refractivity contribution in [2.45, 2.75) is 6.04 Å². The number of hydrogen-bond donors (Lipinski definition) is 1. The standard InChI is InChI=1S/C19H12FN3O3S/c20-13-8-6-11(7-9-13)15-14(16(24)12-4-2-1-3-5-12)17(25)18(26)23(15)19-22-21-10-27-19/h1-10,15,25H. The molecule has 4 rings (SSSR count). The van der Waals surface area contributed by atoms with Crippen LogP contribution in [0.1, 0.15) is 22.0 Å². The molecule has 0 aliphatic carbocycles. The first-order valence-electron chi connectivity index (χ1n) is 7.96. The van der Waals surface area contributed by atoms with E-state index in [4.69, 9.17) is 0 Å².